The molecular weight excluding hydrogens is 326 g/mol. The summed E-state index contributed by atoms with van der Waals surface area (Å²) in [5.41, 5.74) is 0.195. The number of rotatable bonds is 3. The highest BCUT2D eigenvalue weighted by Gasteiger charge is 2.21. The molecule has 1 fully saturated rings. The van der Waals surface area contributed by atoms with Gasteiger partial charge in [0.05, 0.1) is 11.1 Å². The molecule has 0 spiro atoms. The molecule has 3 rings (SSSR count). The van der Waals surface area contributed by atoms with Gasteiger partial charge in [0, 0.05) is 19.2 Å². The Hall–Kier alpha value is -1.96. The van der Waals surface area contributed by atoms with Crippen LogP contribution in [0.4, 0.5) is 16.4 Å². The van der Waals surface area contributed by atoms with E-state index >= 15 is 0 Å². The molecule has 8 heteroatoms. The normalized spacial score (nSPS) is 15.1. The maximum atomic E-state index is 12.2. The Bertz CT molecular complexity index is 747. The Morgan fingerprint density at radius 1 is 1.33 bits per heavy atom. The molecule has 1 amide bonds. The van der Waals surface area contributed by atoms with Crippen LogP contribution in [-0.4, -0.2) is 45.6 Å². The summed E-state index contributed by atoms with van der Waals surface area (Å²) >= 11 is 1.59. The second-order valence-electron chi connectivity index (χ2n) is 6.77. The predicted octanol–water partition coefficient (Wildman–Crippen LogP) is 3.40. The van der Waals surface area contributed by atoms with Crippen LogP contribution < -0.4 is 10.2 Å². The van der Waals surface area contributed by atoms with Crippen molar-refractivity contribution < 1.29 is 9.53 Å². The minimum Gasteiger partial charge on any atom is -0.444 e. The zero-order valence-electron chi connectivity index (χ0n) is 14.5. The van der Waals surface area contributed by atoms with E-state index in [1.165, 1.54) is 0 Å². The van der Waals surface area contributed by atoms with Gasteiger partial charge in [-0.05, 0) is 39.9 Å². The monoisotopic (exact) mass is 349 g/mol. The molecule has 7 nitrogen and oxygen atoms in total. The van der Waals surface area contributed by atoms with Crippen LogP contribution >= 0.6 is 11.8 Å². The second kappa shape index (κ2) is 6.51. The molecule has 0 aliphatic carbocycles. The average molecular weight is 349 g/mol. The molecule has 2 aromatic rings. The van der Waals surface area contributed by atoms with E-state index in [9.17, 15) is 4.79 Å². The zero-order valence-corrected chi connectivity index (χ0v) is 15.3. The number of carbonyl (C=O) groups is 1. The Kier molecular flexibility index (Phi) is 4.58. The number of hydrogen-bond donors (Lipinski definition) is 1. The molecule has 0 aromatic carbocycles. The lowest BCUT2D eigenvalue weighted by Gasteiger charge is -2.21. The number of anilines is 2. The second-order valence-corrected chi connectivity index (χ2v) is 7.62. The van der Waals surface area contributed by atoms with E-state index in [-0.39, 0.29) is 0 Å². The van der Waals surface area contributed by atoms with Crippen LogP contribution in [0.25, 0.3) is 5.65 Å². The first-order valence-corrected chi connectivity index (χ1v) is 9.27. The number of carbonyl (C=O) groups excluding carboxylic acids is 1. The number of nitrogens with one attached hydrogen (secondary N) is 1. The Labute approximate surface area is 145 Å². The fraction of sp³-hybridized carbons (Fsp3) is 0.562. The third-order valence-electron chi connectivity index (χ3n) is 3.70. The minimum atomic E-state index is -0.553. The van der Waals surface area contributed by atoms with Gasteiger partial charge in [-0.3, -0.25) is 5.32 Å². The van der Waals surface area contributed by atoms with Gasteiger partial charge in [-0.2, -0.15) is 9.61 Å². The molecule has 1 N–H and O–H groups in total. The maximum absolute atomic E-state index is 12.2. The van der Waals surface area contributed by atoms with Crippen LogP contribution in [0.3, 0.4) is 0 Å². The largest absolute Gasteiger partial charge is 0.444 e. The summed E-state index contributed by atoms with van der Waals surface area (Å²) in [5, 5.41) is 7.16. The summed E-state index contributed by atoms with van der Waals surface area (Å²) in [7, 11) is 0. The highest BCUT2D eigenvalue weighted by atomic mass is 32.2. The third kappa shape index (κ3) is 3.58. The summed E-state index contributed by atoms with van der Waals surface area (Å²) in [6.45, 7) is 7.48. The first kappa shape index (κ1) is 16.9. The molecule has 0 atom stereocenters. The van der Waals surface area contributed by atoms with Crippen molar-refractivity contribution in [3.05, 3.63) is 12.3 Å². The Balaban J connectivity index is 1.98. The summed E-state index contributed by atoms with van der Waals surface area (Å²) in [6.07, 6.45) is 5.58. The van der Waals surface area contributed by atoms with Crippen molar-refractivity contribution in [3.8, 4) is 0 Å². The summed E-state index contributed by atoms with van der Waals surface area (Å²) in [5.74, 6) is 1.43. The Morgan fingerprint density at radius 2 is 2.04 bits per heavy atom. The van der Waals surface area contributed by atoms with Crippen molar-refractivity contribution in [1.29, 1.82) is 0 Å². The van der Waals surface area contributed by atoms with Crippen molar-refractivity contribution in [2.75, 3.05) is 29.6 Å². The van der Waals surface area contributed by atoms with E-state index < -0.39 is 11.7 Å². The van der Waals surface area contributed by atoms with E-state index in [1.807, 2.05) is 33.1 Å². The molecule has 2 aromatic heterocycles. The molecule has 1 aliphatic heterocycles. The van der Waals surface area contributed by atoms with E-state index in [4.69, 9.17) is 9.72 Å². The zero-order chi connectivity index (χ0) is 17.3. The quantitative estimate of drug-likeness (QED) is 0.856. The van der Waals surface area contributed by atoms with E-state index in [0.29, 0.717) is 5.82 Å². The molecule has 0 saturated carbocycles. The first-order chi connectivity index (χ1) is 11.4. The third-order valence-corrected chi connectivity index (χ3v) is 4.43. The molecule has 1 saturated heterocycles. The van der Waals surface area contributed by atoms with Gasteiger partial charge in [-0.1, -0.05) is 0 Å². The number of hydrogen-bond acceptors (Lipinski definition) is 6. The number of ether oxygens (including phenoxy) is 1. The lowest BCUT2D eigenvalue weighted by atomic mass is 10.2. The fourth-order valence-electron chi connectivity index (χ4n) is 2.68. The highest BCUT2D eigenvalue weighted by molar-refractivity contribution is 7.98. The van der Waals surface area contributed by atoms with E-state index in [1.54, 1.807) is 22.5 Å². The number of amides is 1. The number of thioether (sulfide) groups is 1. The summed E-state index contributed by atoms with van der Waals surface area (Å²) in [6, 6.07) is 1.86. The molecular formula is C16H23N5O2S. The molecule has 0 bridgehead atoms. The minimum absolute atomic E-state index is 0.497. The first-order valence-electron chi connectivity index (χ1n) is 8.05. The van der Waals surface area contributed by atoms with Gasteiger partial charge in [0.15, 0.2) is 5.65 Å². The highest BCUT2D eigenvalue weighted by Crippen LogP contribution is 2.28. The van der Waals surface area contributed by atoms with Crippen LogP contribution in [0, 0.1) is 0 Å². The predicted molar refractivity (Wildman–Crippen MR) is 96.1 cm³/mol. The summed E-state index contributed by atoms with van der Waals surface area (Å²) < 4.78 is 7.01. The van der Waals surface area contributed by atoms with Gasteiger partial charge in [-0.15, -0.1) is 11.8 Å². The van der Waals surface area contributed by atoms with Crippen LogP contribution in [0.15, 0.2) is 17.2 Å². The molecule has 130 valence electrons. The maximum Gasteiger partial charge on any atom is 0.413 e. The molecule has 1 aliphatic rings. The van der Waals surface area contributed by atoms with Crippen molar-refractivity contribution in [3.63, 3.8) is 0 Å². The lowest BCUT2D eigenvalue weighted by Crippen LogP contribution is -2.28. The van der Waals surface area contributed by atoms with Crippen molar-refractivity contribution in [2.24, 2.45) is 0 Å². The number of aromatic nitrogens is 3. The van der Waals surface area contributed by atoms with Gasteiger partial charge in [-0.25, -0.2) is 9.78 Å². The smallest absolute Gasteiger partial charge is 0.413 e. The summed E-state index contributed by atoms with van der Waals surface area (Å²) in [4.78, 5) is 20.1. The van der Waals surface area contributed by atoms with Gasteiger partial charge in [0.2, 0.25) is 0 Å². The fourth-order valence-corrected chi connectivity index (χ4v) is 3.15. The van der Waals surface area contributed by atoms with Crippen LogP contribution in [0.1, 0.15) is 33.6 Å². The lowest BCUT2D eigenvalue weighted by molar-refractivity contribution is 0.0635. The van der Waals surface area contributed by atoms with E-state index in [0.717, 1.165) is 42.3 Å². The molecule has 0 unspecified atom stereocenters. The topological polar surface area (TPSA) is 71.8 Å². The van der Waals surface area contributed by atoms with Crippen molar-refractivity contribution in [2.45, 2.75) is 44.1 Å². The Morgan fingerprint density at radius 3 is 2.67 bits per heavy atom. The van der Waals surface area contributed by atoms with Crippen LogP contribution in [-0.2, 0) is 4.74 Å². The van der Waals surface area contributed by atoms with Crippen molar-refractivity contribution >= 4 is 35.1 Å². The molecule has 24 heavy (non-hydrogen) atoms. The standard InChI is InChI=1S/C16H23N5O2S/c1-16(2,3)23-15(22)19-13-9-12(20-7-5-6-8-20)18-14-11(24-4)10-17-21(13)14/h9-10H,5-8H2,1-4H3,(H,19,22). The van der Waals surface area contributed by atoms with Gasteiger partial charge >= 0.3 is 6.09 Å². The molecule has 3 heterocycles. The van der Waals surface area contributed by atoms with Crippen LogP contribution in [0.5, 0.6) is 0 Å². The van der Waals surface area contributed by atoms with E-state index in [2.05, 4.69) is 15.3 Å². The van der Waals surface area contributed by atoms with Gasteiger partial charge in [0.25, 0.3) is 0 Å². The number of fused-ring (bicyclic) bond motifs is 1. The van der Waals surface area contributed by atoms with Crippen LogP contribution in [0.2, 0.25) is 0 Å². The van der Waals surface area contributed by atoms with Gasteiger partial charge in [0.1, 0.15) is 17.2 Å². The molecule has 0 radical (unpaired) electrons. The average Bonchev–Trinajstić information content (AvgIpc) is 3.14. The van der Waals surface area contributed by atoms with Gasteiger partial charge < -0.3 is 9.64 Å². The van der Waals surface area contributed by atoms with Crippen molar-refractivity contribution in [1.82, 2.24) is 14.6 Å². The number of nitrogens with zero attached hydrogens (tertiary/aromatic N) is 4. The SMILES string of the molecule is CSc1cnn2c(NC(=O)OC(C)(C)C)cc(N3CCCC3)nc12.